The van der Waals surface area contributed by atoms with Gasteiger partial charge in [-0.15, -0.1) is 10.2 Å². The van der Waals surface area contributed by atoms with Gasteiger partial charge in [0.25, 0.3) is 5.91 Å². The summed E-state index contributed by atoms with van der Waals surface area (Å²) >= 11 is 0. The molecule has 5 amide bonds. The second-order valence-corrected chi connectivity index (χ2v) is 15.6. The number of ketones is 1. The first-order chi connectivity index (χ1) is 26.7. The molecule has 7 atom stereocenters. The van der Waals surface area contributed by atoms with Crippen molar-refractivity contribution in [2.24, 2.45) is 23.7 Å². The van der Waals surface area contributed by atoms with E-state index in [1.807, 2.05) is 0 Å². The van der Waals surface area contributed by atoms with Gasteiger partial charge in [0.2, 0.25) is 29.4 Å². The highest BCUT2D eigenvalue weighted by Gasteiger charge is 2.51. The summed E-state index contributed by atoms with van der Waals surface area (Å²) in [5, 5.41) is 34.3. The Morgan fingerprint density at radius 3 is 2.23 bits per heavy atom. The molecule has 2 unspecified atom stereocenters. The van der Waals surface area contributed by atoms with Gasteiger partial charge in [-0.3, -0.25) is 28.8 Å². The lowest BCUT2D eigenvalue weighted by atomic mass is 9.92. The quantitative estimate of drug-likeness (QED) is 0.0783. The fourth-order valence-corrected chi connectivity index (χ4v) is 7.69. The Kier molecular flexibility index (Phi) is 16.0. The molecule has 17 heteroatoms. The third-order valence-corrected chi connectivity index (χ3v) is 10.7. The molecule has 2 aliphatic rings. The van der Waals surface area contributed by atoms with Gasteiger partial charge < -0.3 is 31.3 Å². The molecule has 306 valence electrons. The van der Waals surface area contributed by atoms with Crippen molar-refractivity contribution in [2.75, 3.05) is 6.54 Å². The van der Waals surface area contributed by atoms with E-state index in [4.69, 9.17) is 0 Å². The molecule has 2 fully saturated rings. The van der Waals surface area contributed by atoms with Crippen LogP contribution in [0.3, 0.4) is 0 Å². The average molecular weight is 780 g/mol. The van der Waals surface area contributed by atoms with Crippen LogP contribution in [0.1, 0.15) is 97.4 Å². The third kappa shape index (κ3) is 11.6. The van der Waals surface area contributed by atoms with Gasteiger partial charge in [-0.1, -0.05) is 83.0 Å². The molecule has 6 N–H and O–H groups in total. The summed E-state index contributed by atoms with van der Waals surface area (Å²) in [6, 6.07) is 3.22. The number of likely N-dealkylation sites (tertiary alicyclic amines) is 1. The summed E-state index contributed by atoms with van der Waals surface area (Å²) in [5.74, 6) is -5.49. The van der Waals surface area contributed by atoms with Crippen molar-refractivity contribution in [3.8, 4) is 0 Å². The van der Waals surface area contributed by atoms with Crippen LogP contribution in [-0.2, 0) is 46.4 Å². The van der Waals surface area contributed by atoms with Crippen molar-refractivity contribution < 1.29 is 38.7 Å². The summed E-state index contributed by atoms with van der Waals surface area (Å²) in [5.41, 5.74) is 0.660. The Balaban J connectivity index is 1.43. The van der Waals surface area contributed by atoms with Gasteiger partial charge in [0.15, 0.2) is 5.82 Å². The number of fused-ring (bicyclic) bond motifs is 1. The van der Waals surface area contributed by atoms with Crippen molar-refractivity contribution in [2.45, 2.75) is 129 Å². The molecule has 56 heavy (non-hydrogen) atoms. The number of carbonyl (C=O) groups is 7. The molecule has 0 radical (unpaired) electrons. The van der Waals surface area contributed by atoms with Crippen LogP contribution in [0.2, 0.25) is 0 Å². The number of Topliss-reactive ketones (excluding diaryl/α,β-unsaturated/α-hetero) is 1. The molecule has 1 aromatic carbocycles. The molecule has 1 aliphatic carbocycles. The average Bonchev–Trinajstić information content (AvgIpc) is 3.92. The standard InChI is InChI=1S/C39H57N9O8/c1-6-13-27(34(50)37(53)41-28(39(55)56)20-24-14-8-7-9-15-24)40-36(52)33-26-17-12-16-25(26)21-48(33)38(54)32(23(4)5)43-35(51)31(22(2)3)42-30(49)19-11-10-18-29-44-46-47-45-29/h7-9,14-15,22-23,25-28,31-33H,6,10-13,16-21H2,1-5H3,(H,40,52)(H,41,53)(H,42,49)(H,43,51)(H,55,56)(H,44,45,46,47)/t25-,26-,27?,28-,31+,32-,33?/m0/s1. The van der Waals surface area contributed by atoms with Crippen molar-refractivity contribution in [1.29, 1.82) is 0 Å². The van der Waals surface area contributed by atoms with Gasteiger partial charge in [-0.2, -0.15) is 5.21 Å². The van der Waals surface area contributed by atoms with E-state index in [0.29, 0.717) is 50.0 Å². The van der Waals surface area contributed by atoms with Gasteiger partial charge in [-0.25, -0.2) is 4.79 Å². The summed E-state index contributed by atoms with van der Waals surface area (Å²) in [7, 11) is 0. The van der Waals surface area contributed by atoms with E-state index in [-0.39, 0.29) is 48.8 Å². The molecule has 1 aromatic heterocycles. The lowest BCUT2D eigenvalue weighted by Gasteiger charge is -2.34. The van der Waals surface area contributed by atoms with E-state index in [2.05, 4.69) is 41.9 Å². The van der Waals surface area contributed by atoms with E-state index in [0.717, 1.165) is 12.8 Å². The number of hydrogen-bond donors (Lipinski definition) is 6. The Bertz CT molecular complexity index is 1670. The SMILES string of the molecule is CCCC(NC(=O)C1[C@H]2CCC[C@H]2CN1C(=O)[C@@H](NC(=O)[C@H](NC(=O)CCCCc1nn[nH]n1)C(C)C)C(C)C)C(=O)C(=O)N[C@@H](Cc1ccccc1)C(=O)O. The molecule has 2 heterocycles. The Morgan fingerprint density at radius 1 is 0.893 bits per heavy atom. The number of nitrogens with zero attached hydrogens (tertiary/aromatic N) is 4. The Morgan fingerprint density at radius 2 is 1.61 bits per heavy atom. The smallest absolute Gasteiger partial charge is 0.326 e. The van der Waals surface area contributed by atoms with Crippen LogP contribution in [0.4, 0.5) is 0 Å². The Hall–Kier alpha value is -5.22. The van der Waals surface area contributed by atoms with Gasteiger partial charge in [-0.05, 0) is 61.3 Å². The number of aromatic amines is 1. The topological polar surface area (TPSA) is 246 Å². The van der Waals surface area contributed by atoms with Crippen LogP contribution in [0.15, 0.2) is 30.3 Å². The lowest BCUT2D eigenvalue weighted by Crippen LogP contribution is -2.60. The minimum Gasteiger partial charge on any atom is -0.480 e. The number of carboxylic acids is 1. The third-order valence-electron chi connectivity index (χ3n) is 10.7. The van der Waals surface area contributed by atoms with Crippen LogP contribution < -0.4 is 21.3 Å². The van der Waals surface area contributed by atoms with Crippen molar-refractivity contribution in [3.63, 3.8) is 0 Å². The molecule has 4 rings (SSSR count). The van der Waals surface area contributed by atoms with Crippen LogP contribution in [-0.4, -0.2) is 109 Å². The number of hydrogen-bond acceptors (Lipinski definition) is 10. The molecular formula is C39H57N9O8. The number of carboxylic acid groups (broad SMARTS) is 1. The number of benzene rings is 1. The maximum atomic E-state index is 14.4. The fraction of sp³-hybridized carbons (Fsp3) is 0.641. The van der Waals surface area contributed by atoms with Crippen molar-refractivity contribution in [3.05, 3.63) is 41.7 Å². The second kappa shape index (κ2) is 20.6. The molecular weight excluding hydrogens is 722 g/mol. The molecule has 0 bridgehead atoms. The molecule has 0 spiro atoms. The van der Waals surface area contributed by atoms with Crippen molar-refractivity contribution >= 4 is 41.3 Å². The number of tetrazole rings is 1. The van der Waals surface area contributed by atoms with E-state index >= 15 is 0 Å². The van der Waals surface area contributed by atoms with Crippen LogP contribution >= 0.6 is 0 Å². The largest absolute Gasteiger partial charge is 0.480 e. The van der Waals surface area contributed by atoms with E-state index in [9.17, 15) is 38.7 Å². The number of rotatable bonds is 21. The number of aliphatic carboxylic acids is 1. The molecule has 1 saturated heterocycles. The highest BCUT2D eigenvalue weighted by atomic mass is 16.4. The number of amides is 5. The first-order valence-corrected chi connectivity index (χ1v) is 19.8. The highest BCUT2D eigenvalue weighted by molar-refractivity contribution is 6.38. The van der Waals surface area contributed by atoms with Gasteiger partial charge in [0.05, 0.1) is 6.04 Å². The predicted molar refractivity (Wildman–Crippen MR) is 203 cm³/mol. The first-order valence-electron chi connectivity index (χ1n) is 19.8. The molecule has 1 saturated carbocycles. The van der Waals surface area contributed by atoms with Crippen molar-refractivity contribution in [1.82, 2.24) is 46.8 Å². The molecule has 1 aliphatic heterocycles. The first kappa shape index (κ1) is 43.5. The number of aromatic nitrogens is 4. The zero-order chi connectivity index (χ0) is 40.9. The van der Waals surface area contributed by atoms with Crippen LogP contribution in [0, 0.1) is 23.7 Å². The predicted octanol–water partition coefficient (Wildman–Crippen LogP) is 1.49. The van der Waals surface area contributed by atoms with E-state index in [1.165, 1.54) is 4.90 Å². The number of nitrogens with one attached hydrogen (secondary N) is 5. The lowest BCUT2D eigenvalue weighted by molar-refractivity contribution is -0.146. The van der Waals surface area contributed by atoms with Gasteiger partial charge in [0, 0.05) is 25.8 Å². The molecule has 17 nitrogen and oxygen atoms in total. The summed E-state index contributed by atoms with van der Waals surface area (Å²) in [4.78, 5) is 95.3. The fourth-order valence-electron chi connectivity index (χ4n) is 7.69. The minimum absolute atomic E-state index is 0.0381. The van der Waals surface area contributed by atoms with Gasteiger partial charge in [0.1, 0.15) is 24.2 Å². The zero-order valence-electron chi connectivity index (χ0n) is 33.0. The number of carbonyl (C=O) groups excluding carboxylic acids is 6. The molecule has 2 aromatic rings. The number of unbranched alkanes of at least 4 members (excludes halogenated alkanes) is 1. The van der Waals surface area contributed by atoms with Crippen LogP contribution in [0.5, 0.6) is 0 Å². The summed E-state index contributed by atoms with van der Waals surface area (Å²) < 4.78 is 0. The maximum Gasteiger partial charge on any atom is 0.326 e. The van der Waals surface area contributed by atoms with Gasteiger partial charge >= 0.3 is 5.97 Å². The van der Waals surface area contributed by atoms with Crippen LogP contribution in [0.25, 0.3) is 0 Å². The maximum absolute atomic E-state index is 14.4. The van der Waals surface area contributed by atoms with E-state index in [1.54, 1.807) is 65.0 Å². The normalized spacial score (nSPS) is 19.8. The monoisotopic (exact) mass is 779 g/mol. The summed E-state index contributed by atoms with van der Waals surface area (Å²) in [6.07, 6.45) is 4.83. The Labute approximate surface area is 327 Å². The summed E-state index contributed by atoms with van der Waals surface area (Å²) in [6.45, 7) is 9.26. The highest BCUT2D eigenvalue weighted by Crippen LogP contribution is 2.42. The number of H-pyrrole nitrogens is 1. The zero-order valence-corrected chi connectivity index (χ0v) is 33.0. The second-order valence-electron chi connectivity index (χ2n) is 15.6. The van der Waals surface area contributed by atoms with E-state index < -0.39 is 65.6 Å². The minimum atomic E-state index is -1.37. The number of aryl methyl sites for hydroxylation is 1.